The number of nitrogens with two attached hydrogens (primary N) is 1. The van der Waals surface area contributed by atoms with Crippen LogP contribution in [0.15, 0.2) is 24.3 Å². The van der Waals surface area contributed by atoms with Crippen molar-refractivity contribution in [3.63, 3.8) is 0 Å². The Labute approximate surface area is 122 Å². The van der Waals surface area contributed by atoms with Gasteiger partial charge in [0.25, 0.3) is 0 Å². The molecule has 1 aromatic carbocycles. The van der Waals surface area contributed by atoms with Gasteiger partial charge in [-0.25, -0.2) is 0 Å². The van der Waals surface area contributed by atoms with E-state index in [2.05, 4.69) is 24.3 Å². The van der Waals surface area contributed by atoms with Crippen LogP contribution < -0.4 is 5.73 Å². The molecule has 0 aliphatic heterocycles. The third-order valence-electron chi connectivity index (χ3n) is 5.41. The summed E-state index contributed by atoms with van der Waals surface area (Å²) in [5.41, 5.74) is 9.65. The van der Waals surface area contributed by atoms with Gasteiger partial charge in [0.2, 0.25) is 0 Å². The highest BCUT2D eigenvalue weighted by Gasteiger charge is 2.38. The Balaban J connectivity index is 1.63. The van der Waals surface area contributed by atoms with E-state index in [-0.39, 0.29) is 11.6 Å². The van der Waals surface area contributed by atoms with Crippen LogP contribution >= 0.6 is 0 Å². The summed E-state index contributed by atoms with van der Waals surface area (Å²) < 4.78 is 5.72. The number of methoxy groups -OCH3 is 1. The van der Waals surface area contributed by atoms with E-state index in [4.69, 9.17) is 10.5 Å². The molecule has 0 bridgehead atoms. The van der Waals surface area contributed by atoms with Gasteiger partial charge in [-0.05, 0) is 68.4 Å². The van der Waals surface area contributed by atoms with Crippen molar-refractivity contribution in [1.29, 1.82) is 0 Å². The Bertz CT molecular complexity index is 447. The molecule has 0 amide bonds. The van der Waals surface area contributed by atoms with Crippen molar-refractivity contribution in [3.05, 3.63) is 35.4 Å². The summed E-state index contributed by atoms with van der Waals surface area (Å²) in [7, 11) is 1.85. The standard InChI is InChI=1S/C18H27NO/c1-20-18(10-5-11-18)13-16(19)12-15-8-4-7-14-6-2-3-9-17(14)15/h2-3,6,9,15-16H,4-5,7-8,10-13,19H2,1H3. The van der Waals surface area contributed by atoms with E-state index in [1.807, 2.05) is 7.11 Å². The second kappa shape index (κ2) is 5.87. The zero-order valence-electron chi connectivity index (χ0n) is 12.6. The molecule has 0 radical (unpaired) electrons. The van der Waals surface area contributed by atoms with Gasteiger partial charge >= 0.3 is 0 Å². The van der Waals surface area contributed by atoms with Crippen molar-refractivity contribution in [2.75, 3.05) is 7.11 Å². The van der Waals surface area contributed by atoms with Crippen LogP contribution in [0.4, 0.5) is 0 Å². The smallest absolute Gasteiger partial charge is 0.0693 e. The maximum atomic E-state index is 6.45. The van der Waals surface area contributed by atoms with Gasteiger partial charge in [-0.2, -0.15) is 0 Å². The SMILES string of the molecule is COC1(CC(N)CC2CCCc3ccccc32)CCC1. The quantitative estimate of drug-likeness (QED) is 0.886. The first-order valence-corrected chi connectivity index (χ1v) is 8.11. The molecule has 0 heterocycles. The average molecular weight is 273 g/mol. The number of aryl methyl sites for hydroxylation is 1. The lowest BCUT2D eigenvalue weighted by Crippen LogP contribution is -2.44. The van der Waals surface area contributed by atoms with Crippen molar-refractivity contribution in [3.8, 4) is 0 Å². The molecule has 1 saturated carbocycles. The molecule has 0 saturated heterocycles. The van der Waals surface area contributed by atoms with E-state index in [0.29, 0.717) is 5.92 Å². The second-order valence-corrected chi connectivity index (χ2v) is 6.73. The Kier molecular flexibility index (Phi) is 4.13. The van der Waals surface area contributed by atoms with Crippen LogP contribution in [0.1, 0.15) is 62.0 Å². The van der Waals surface area contributed by atoms with Crippen molar-refractivity contribution in [2.24, 2.45) is 5.73 Å². The van der Waals surface area contributed by atoms with Crippen LogP contribution in [-0.2, 0) is 11.2 Å². The lowest BCUT2D eigenvalue weighted by molar-refractivity contribution is -0.0820. The molecule has 2 atom stereocenters. The normalized spacial score (nSPS) is 25.6. The van der Waals surface area contributed by atoms with Crippen molar-refractivity contribution in [2.45, 2.75) is 68.9 Å². The predicted molar refractivity (Wildman–Crippen MR) is 82.9 cm³/mol. The first-order valence-electron chi connectivity index (χ1n) is 8.11. The van der Waals surface area contributed by atoms with Crippen molar-refractivity contribution in [1.82, 2.24) is 0 Å². The second-order valence-electron chi connectivity index (χ2n) is 6.73. The highest BCUT2D eigenvalue weighted by molar-refractivity contribution is 5.32. The molecular formula is C18H27NO. The van der Waals surface area contributed by atoms with E-state index >= 15 is 0 Å². The predicted octanol–water partition coefficient (Wildman–Crippen LogP) is 3.78. The molecule has 0 spiro atoms. The molecule has 2 aliphatic carbocycles. The Morgan fingerprint density at radius 1 is 1.30 bits per heavy atom. The molecule has 3 rings (SSSR count). The van der Waals surface area contributed by atoms with Gasteiger partial charge in [-0.3, -0.25) is 0 Å². The third kappa shape index (κ3) is 2.77. The molecule has 2 heteroatoms. The lowest BCUT2D eigenvalue weighted by Gasteiger charge is -2.42. The number of rotatable bonds is 5. The van der Waals surface area contributed by atoms with Crippen LogP contribution in [0.3, 0.4) is 0 Å². The van der Waals surface area contributed by atoms with E-state index in [1.54, 1.807) is 11.1 Å². The molecule has 1 fully saturated rings. The summed E-state index contributed by atoms with van der Waals surface area (Å²) >= 11 is 0. The van der Waals surface area contributed by atoms with Crippen LogP contribution in [0.5, 0.6) is 0 Å². The van der Waals surface area contributed by atoms with Crippen molar-refractivity contribution < 1.29 is 4.74 Å². The van der Waals surface area contributed by atoms with E-state index in [9.17, 15) is 0 Å². The van der Waals surface area contributed by atoms with E-state index in [1.165, 1.54) is 38.5 Å². The largest absolute Gasteiger partial charge is 0.378 e. The number of ether oxygens (including phenoxy) is 1. The molecule has 1 aromatic rings. The van der Waals surface area contributed by atoms with Crippen LogP contribution in [-0.4, -0.2) is 18.8 Å². The summed E-state index contributed by atoms with van der Waals surface area (Å²) in [5, 5.41) is 0. The highest BCUT2D eigenvalue weighted by Crippen LogP contribution is 2.41. The van der Waals surface area contributed by atoms with E-state index < -0.39 is 0 Å². The zero-order valence-corrected chi connectivity index (χ0v) is 12.6. The Morgan fingerprint density at radius 2 is 2.10 bits per heavy atom. The molecule has 110 valence electrons. The van der Waals surface area contributed by atoms with Gasteiger partial charge in [0, 0.05) is 13.2 Å². The fraction of sp³-hybridized carbons (Fsp3) is 0.667. The maximum absolute atomic E-state index is 6.45. The topological polar surface area (TPSA) is 35.2 Å². The van der Waals surface area contributed by atoms with Crippen LogP contribution in [0.25, 0.3) is 0 Å². The fourth-order valence-corrected chi connectivity index (χ4v) is 4.09. The summed E-state index contributed by atoms with van der Waals surface area (Å²) in [6.07, 6.45) is 9.67. The first-order chi connectivity index (χ1) is 9.72. The van der Waals surface area contributed by atoms with Gasteiger partial charge in [0.1, 0.15) is 0 Å². The minimum absolute atomic E-state index is 0.105. The molecule has 2 aliphatic rings. The average Bonchev–Trinajstić information content (AvgIpc) is 2.43. The van der Waals surface area contributed by atoms with Crippen LogP contribution in [0.2, 0.25) is 0 Å². The molecular weight excluding hydrogens is 246 g/mol. The summed E-state index contributed by atoms with van der Waals surface area (Å²) in [6, 6.07) is 9.20. The first kappa shape index (κ1) is 14.1. The Hall–Kier alpha value is -0.860. The Morgan fingerprint density at radius 3 is 2.80 bits per heavy atom. The monoisotopic (exact) mass is 273 g/mol. The fourth-order valence-electron chi connectivity index (χ4n) is 4.09. The van der Waals surface area contributed by atoms with Crippen molar-refractivity contribution >= 4 is 0 Å². The molecule has 2 N–H and O–H groups in total. The highest BCUT2D eigenvalue weighted by atomic mass is 16.5. The summed E-state index contributed by atoms with van der Waals surface area (Å²) in [4.78, 5) is 0. The molecule has 2 unspecified atom stereocenters. The maximum Gasteiger partial charge on any atom is 0.0693 e. The summed E-state index contributed by atoms with van der Waals surface area (Å²) in [5.74, 6) is 0.656. The number of benzene rings is 1. The summed E-state index contributed by atoms with van der Waals surface area (Å²) in [6.45, 7) is 0. The number of hydrogen-bond acceptors (Lipinski definition) is 2. The minimum Gasteiger partial charge on any atom is -0.378 e. The van der Waals surface area contributed by atoms with Gasteiger partial charge in [0.15, 0.2) is 0 Å². The van der Waals surface area contributed by atoms with Gasteiger partial charge in [-0.15, -0.1) is 0 Å². The minimum atomic E-state index is 0.105. The third-order valence-corrected chi connectivity index (χ3v) is 5.41. The molecule has 20 heavy (non-hydrogen) atoms. The van der Waals surface area contributed by atoms with Crippen LogP contribution in [0, 0.1) is 0 Å². The molecule has 2 nitrogen and oxygen atoms in total. The van der Waals surface area contributed by atoms with Gasteiger partial charge in [0.05, 0.1) is 5.60 Å². The zero-order chi connectivity index (χ0) is 14.0. The molecule has 0 aromatic heterocycles. The number of fused-ring (bicyclic) bond motifs is 1. The number of hydrogen-bond donors (Lipinski definition) is 1. The van der Waals surface area contributed by atoms with E-state index in [0.717, 1.165) is 12.8 Å². The van der Waals surface area contributed by atoms with Gasteiger partial charge < -0.3 is 10.5 Å². The van der Waals surface area contributed by atoms with Gasteiger partial charge in [-0.1, -0.05) is 24.3 Å². The lowest BCUT2D eigenvalue weighted by atomic mass is 9.73.